The lowest BCUT2D eigenvalue weighted by molar-refractivity contribution is -0.154. The SMILES string of the molecule is C/C=C/CCC1CCC(c2ccc3c(F)c(C#Cc4cc(F)c(OCC(F)(F)F)c(F)c4)ccc3c2)CC1. The molecule has 0 heterocycles. The number of fused-ring (bicyclic) bond motifs is 1. The summed E-state index contributed by atoms with van der Waals surface area (Å²) in [6, 6.07) is 10.5. The fourth-order valence-electron chi connectivity index (χ4n) is 5.01. The van der Waals surface area contributed by atoms with Crippen LogP contribution in [-0.2, 0) is 0 Å². The molecule has 1 saturated carbocycles. The molecule has 7 heteroatoms. The highest BCUT2D eigenvalue weighted by molar-refractivity contribution is 5.85. The molecule has 0 aliphatic heterocycles. The van der Waals surface area contributed by atoms with Gasteiger partial charge in [-0.05, 0) is 86.4 Å². The molecule has 1 aliphatic rings. The first-order chi connectivity index (χ1) is 18.1. The molecule has 0 bridgehead atoms. The average Bonchev–Trinajstić information content (AvgIpc) is 2.87. The molecule has 0 N–H and O–H groups in total. The minimum Gasteiger partial charge on any atom is -0.478 e. The van der Waals surface area contributed by atoms with Gasteiger partial charge in [0.25, 0.3) is 0 Å². The molecule has 0 amide bonds. The maximum absolute atomic E-state index is 15.2. The summed E-state index contributed by atoms with van der Waals surface area (Å²) >= 11 is 0. The zero-order valence-electron chi connectivity index (χ0n) is 21.0. The summed E-state index contributed by atoms with van der Waals surface area (Å²) in [6.07, 6.45) is 6.53. The highest BCUT2D eigenvalue weighted by Gasteiger charge is 2.30. The first kappa shape index (κ1) is 27.6. The van der Waals surface area contributed by atoms with E-state index in [-0.39, 0.29) is 11.1 Å². The van der Waals surface area contributed by atoms with Gasteiger partial charge in [-0.1, -0.05) is 48.3 Å². The molecule has 4 rings (SSSR count). The van der Waals surface area contributed by atoms with Crippen molar-refractivity contribution in [1.29, 1.82) is 0 Å². The van der Waals surface area contributed by atoms with Gasteiger partial charge in [0.15, 0.2) is 24.0 Å². The van der Waals surface area contributed by atoms with Crippen molar-refractivity contribution in [3.63, 3.8) is 0 Å². The molecule has 0 unspecified atom stereocenters. The van der Waals surface area contributed by atoms with Crippen molar-refractivity contribution in [3.8, 4) is 17.6 Å². The quantitative estimate of drug-likeness (QED) is 0.175. The number of hydrogen-bond donors (Lipinski definition) is 0. The van der Waals surface area contributed by atoms with E-state index in [1.807, 2.05) is 19.1 Å². The van der Waals surface area contributed by atoms with Crippen LogP contribution in [0.15, 0.2) is 54.6 Å². The molecule has 0 atom stereocenters. The molecule has 3 aromatic rings. The number of ether oxygens (including phenoxy) is 1. The van der Waals surface area contributed by atoms with Crippen LogP contribution in [0.1, 0.15) is 68.1 Å². The summed E-state index contributed by atoms with van der Waals surface area (Å²) in [5.74, 6) is 1.94. The molecule has 0 aromatic heterocycles. The number of rotatable bonds is 6. The van der Waals surface area contributed by atoms with E-state index < -0.39 is 36.0 Å². The van der Waals surface area contributed by atoms with Crippen LogP contribution in [0.3, 0.4) is 0 Å². The van der Waals surface area contributed by atoms with E-state index in [1.165, 1.54) is 30.9 Å². The minimum absolute atomic E-state index is 0.0464. The van der Waals surface area contributed by atoms with Crippen molar-refractivity contribution in [2.45, 2.75) is 57.5 Å². The fourth-order valence-corrected chi connectivity index (χ4v) is 5.01. The Kier molecular flexibility index (Phi) is 8.71. The monoisotopic (exact) mass is 530 g/mol. The van der Waals surface area contributed by atoms with E-state index in [4.69, 9.17) is 0 Å². The maximum Gasteiger partial charge on any atom is 0.422 e. The zero-order chi connectivity index (χ0) is 27.3. The summed E-state index contributed by atoms with van der Waals surface area (Å²) in [4.78, 5) is 0. The third-order valence-corrected chi connectivity index (χ3v) is 6.99. The van der Waals surface area contributed by atoms with Gasteiger partial charge in [-0.15, -0.1) is 0 Å². The van der Waals surface area contributed by atoms with Crippen molar-refractivity contribution < 1.29 is 31.1 Å². The van der Waals surface area contributed by atoms with Gasteiger partial charge in [-0.2, -0.15) is 13.2 Å². The van der Waals surface area contributed by atoms with Gasteiger partial charge in [-0.3, -0.25) is 0 Å². The summed E-state index contributed by atoms with van der Waals surface area (Å²) in [7, 11) is 0. The molecular weight excluding hydrogens is 502 g/mol. The van der Waals surface area contributed by atoms with Crippen LogP contribution < -0.4 is 4.74 Å². The Morgan fingerprint density at radius 1 is 0.921 bits per heavy atom. The molecule has 0 spiro atoms. The van der Waals surface area contributed by atoms with Crippen LogP contribution in [0.25, 0.3) is 10.8 Å². The highest BCUT2D eigenvalue weighted by atomic mass is 19.4. The average molecular weight is 531 g/mol. The molecule has 1 nitrogen and oxygen atoms in total. The van der Waals surface area contributed by atoms with E-state index in [9.17, 15) is 22.0 Å². The summed E-state index contributed by atoms with van der Waals surface area (Å²) in [5, 5.41) is 1.15. The second-order valence-electron chi connectivity index (χ2n) is 9.69. The van der Waals surface area contributed by atoms with Gasteiger partial charge in [-0.25, -0.2) is 13.2 Å². The maximum atomic E-state index is 15.2. The smallest absolute Gasteiger partial charge is 0.422 e. The topological polar surface area (TPSA) is 9.23 Å². The van der Waals surface area contributed by atoms with Crippen molar-refractivity contribution in [2.24, 2.45) is 5.92 Å². The Balaban J connectivity index is 1.48. The second-order valence-corrected chi connectivity index (χ2v) is 9.69. The Morgan fingerprint density at radius 3 is 2.29 bits per heavy atom. The Labute approximate surface area is 218 Å². The Morgan fingerprint density at radius 2 is 1.63 bits per heavy atom. The third-order valence-electron chi connectivity index (χ3n) is 6.99. The van der Waals surface area contributed by atoms with Crippen molar-refractivity contribution in [2.75, 3.05) is 6.61 Å². The van der Waals surface area contributed by atoms with Gasteiger partial charge in [0.05, 0.1) is 5.56 Å². The first-order valence-corrected chi connectivity index (χ1v) is 12.7. The number of benzene rings is 3. The standard InChI is InChI=1S/C31H28F6O/c1-2-3-4-5-20-6-9-22(10-7-20)24-14-15-26-25(18-24)13-12-23(29(26)34)11-8-21-16-27(32)30(28(33)17-21)38-19-31(35,36)37/h2-3,12-18,20,22H,4-7,9-10,19H2,1H3/b3-2+. The van der Waals surface area contributed by atoms with Gasteiger partial charge >= 0.3 is 6.18 Å². The van der Waals surface area contributed by atoms with Crippen LogP contribution in [0.4, 0.5) is 26.3 Å². The molecule has 200 valence electrons. The lowest BCUT2D eigenvalue weighted by atomic mass is 9.77. The molecule has 3 aromatic carbocycles. The predicted octanol–water partition coefficient (Wildman–Crippen LogP) is 9.23. The number of halogens is 6. The van der Waals surface area contributed by atoms with E-state index in [1.54, 1.807) is 12.1 Å². The van der Waals surface area contributed by atoms with Crippen molar-refractivity contribution >= 4 is 10.8 Å². The molecular formula is C31H28F6O. The van der Waals surface area contributed by atoms with Crippen LogP contribution >= 0.6 is 0 Å². The van der Waals surface area contributed by atoms with E-state index in [0.717, 1.165) is 42.7 Å². The van der Waals surface area contributed by atoms with Gasteiger partial charge in [0, 0.05) is 10.9 Å². The third kappa shape index (κ3) is 6.92. The lowest BCUT2D eigenvalue weighted by Crippen LogP contribution is -2.20. The fraction of sp³-hybridized carbons (Fsp3) is 0.355. The van der Waals surface area contributed by atoms with Gasteiger partial charge in [0.2, 0.25) is 0 Å². The van der Waals surface area contributed by atoms with E-state index in [2.05, 4.69) is 28.7 Å². The van der Waals surface area contributed by atoms with Gasteiger partial charge < -0.3 is 4.74 Å². The summed E-state index contributed by atoms with van der Waals surface area (Å²) in [5.41, 5.74) is 1.09. The first-order valence-electron chi connectivity index (χ1n) is 12.7. The molecule has 0 saturated heterocycles. The molecule has 38 heavy (non-hydrogen) atoms. The summed E-state index contributed by atoms with van der Waals surface area (Å²) in [6.45, 7) is 0.216. The summed E-state index contributed by atoms with van der Waals surface area (Å²) < 4.78 is 84.5. The van der Waals surface area contributed by atoms with E-state index >= 15 is 4.39 Å². The van der Waals surface area contributed by atoms with E-state index in [0.29, 0.717) is 11.3 Å². The lowest BCUT2D eigenvalue weighted by Gasteiger charge is -2.28. The highest BCUT2D eigenvalue weighted by Crippen LogP contribution is 2.38. The minimum atomic E-state index is -4.74. The number of hydrogen-bond acceptors (Lipinski definition) is 1. The molecule has 1 aliphatic carbocycles. The second kappa shape index (κ2) is 12.0. The zero-order valence-corrected chi connectivity index (χ0v) is 21.0. The number of allylic oxidation sites excluding steroid dienone is 2. The van der Waals surface area contributed by atoms with Crippen molar-refractivity contribution in [3.05, 3.63) is 88.8 Å². The normalized spacial score (nSPS) is 18.0. The van der Waals surface area contributed by atoms with Crippen LogP contribution in [0.5, 0.6) is 5.75 Å². The molecule has 0 radical (unpaired) electrons. The number of alkyl halides is 3. The Hall–Kier alpha value is -3.40. The Bertz CT molecular complexity index is 1350. The van der Waals surface area contributed by atoms with Crippen LogP contribution in [-0.4, -0.2) is 12.8 Å². The predicted molar refractivity (Wildman–Crippen MR) is 137 cm³/mol. The van der Waals surface area contributed by atoms with Crippen LogP contribution in [0, 0.1) is 35.2 Å². The molecule has 1 fully saturated rings. The largest absolute Gasteiger partial charge is 0.478 e. The van der Waals surface area contributed by atoms with Gasteiger partial charge in [0.1, 0.15) is 5.82 Å². The van der Waals surface area contributed by atoms with Crippen LogP contribution in [0.2, 0.25) is 0 Å². The van der Waals surface area contributed by atoms with Crippen molar-refractivity contribution in [1.82, 2.24) is 0 Å².